The molecule has 1 aliphatic rings. The number of hydrogen-bond donors (Lipinski definition) is 0. The van der Waals surface area contributed by atoms with Gasteiger partial charge in [0.25, 0.3) is 0 Å². The van der Waals surface area contributed by atoms with E-state index in [-0.39, 0.29) is 11.1 Å². The van der Waals surface area contributed by atoms with Crippen molar-refractivity contribution < 1.29 is 4.42 Å². The summed E-state index contributed by atoms with van der Waals surface area (Å²) in [6, 6.07) is 5.80. The van der Waals surface area contributed by atoms with Crippen LogP contribution in [0, 0.1) is 11.8 Å². The molecule has 2 unspecified atom stereocenters. The normalized spacial score (nSPS) is 19.1. The second-order valence-corrected chi connectivity index (χ2v) is 5.72. The predicted molar refractivity (Wildman–Crippen MR) is 71.9 cm³/mol. The van der Waals surface area contributed by atoms with Crippen LogP contribution in [-0.2, 0) is 7.05 Å². The molecule has 4 heteroatoms. The summed E-state index contributed by atoms with van der Waals surface area (Å²) in [4.78, 5) is 11.4. The van der Waals surface area contributed by atoms with Gasteiger partial charge in [0.15, 0.2) is 5.58 Å². The summed E-state index contributed by atoms with van der Waals surface area (Å²) in [5.74, 6) is 0.897. The summed E-state index contributed by atoms with van der Waals surface area (Å²) in [6.07, 6.45) is 2.57. The molecule has 18 heavy (non-hydrogen) atoms. The van der Waals surface area contributed by atoms with Gasteiger partial charge in [0, 0.05) is 7.05 Å². The highest BCUT2D eigenvalue weighted by Gasteiger charge is 2.33. The van der Waals surface area contributed by atoms with Gasteiger partial charge in [-0.05, 0) is 42.4 Å². The van der Waals surface area contributed by atoms with Crippen molar-refractivity contribution in [3.05, 3.63) is 34.3 Å². The van der Waals surface area contributed by atoms with Gasteiger partial charge in [0.1, 0.15) is 0 Å². The first-order valence-electron chi connectivity index (χ1n) is 6.31. The number of rotatable bonds is 3. The SMILES string of the molecule is CC(C1CC1)C(Cl)c1ccc2c(c1)oc(=O)n2C. The minimum atomic E-state index is -0.330. The highest BCUT2D eigenvalue weighted by atomic mass is 35.5. The third-order valence-electron chi connectivity index (χ3n) is 3.96. The van der Waals surface area contributed by atoms with Crippen LogP contribution in [0.15, 0.2) is 27.4 Å². The fourth-order valence-electron chi connectivity index (χ4n) is 2.49. The Bertz CT molecular complexity index is 639. The number of alkyl halides is 1. The summed E-state index contributed by atoms with van der Waals surface area (Å²) in [6.45, 7) is 2.20. The molecule has 0 amide bonds. The molecule has 0 radical (unpaired) electrons. The van der Waals surface area contributed by atoms with E-state index in [1.54, 1.807) is 7.05 Å². The highest BCUT2D eigenvalue weighted by Crippen LogP contribution is 2.45. The number of aryl methyl sites for hydroxylation is 1. The second kappa shape index (κ2) is 4.16. The zero-order valence-corrected chi connectivity index (χ0v) is 11.3. The number of aromatic nitrogens is 1. The molecule has 0 bridgehead atoms. The number of hydrogen-bond acceptors (Lipinski definition) is 2. The number of fused-ring (bicyclic) bond motifs is 1. The first kappa shape index (κ1) is 11.8. The molecule has 0 saturated heterocycles. The van der Waals surface area contributed by atoms with Crippen LogP contribution >= 0.6 is 11.6 Å². The minimum Gasteiger partial charge on any atom is -0.408 e. The van der Waals surface area contributed by atoms with Crippen LogP contribution in [0.1, 0.15) is 30.7 Å². The van der Waals surface area contributed by atoms with E-state index in [1.165, 1.54) is 17.4 Å². The van der Waals surface area contributed by atoms with E-state index in [2.05, 4.69) is 6.92 Å². The number of nitrogens with zero attached hydrogens (tertiary/aromatic N) is 1. The Labute approximate surface area is 110 Å². The average Bonchev–Trinajstić information content (AvgIpc) is 3.16. The standard InChI is InChI=1S/C14H16ClNO2/c1-8(9-3-4-9)13(15)10-5-6-11-12(7-10)18-14(17)16(11)2/h5-9,13H,3-4H2,1-2H3. The highest BCUT2D eigenvalue weighted by molar-refractivity contribution is 6.21. The van der Waals surface area contributed by atoms with Crippen molar-refractivity contribution in [2.45, 2.75) is 25.1 Å². The molecule has 0 spiro atoms. The summed E-state index contributed by atoms with van der Waals surface area (Å²) in [5, 5.41) is -0.00703. The van der Waals surface area contributed by atoms with Crippen molar-refractivity contribution in [1.82, 2.24) is 4.57 Å². The Morgan fingerprint density at radius 3 is 2.83 bits per heavy atom. The topological polar surface area (TPSA) is 35.1 Å². The van der Waals surface area contributed by atoms with Crippen molar-refractivity contribution in [3.63, 3.8) is 0 Å². The molecule has 2 aromatic rings. The smallest absolute Gasteiger partial charge is 0.408 e. The van der Waals surface area contributed by atoms with E-state index in [1.807, 2.05) is 18.2 Å². The Balaban J connectivity index is 1.99. The van der Waals surface area contributed by atoms with Crippen LogP contribution in [0.25, 0.3) is 11.1 Å². The van der Waals surface area contributed by atoms with Crippen LogP contribution in [0.5, 0.6) is 0 Å². The van der Waals surface area contributed by atoms with Crippen molar-refractivity contribution in [2.24, 2.45) is 18.9 Å². The first-order valence-corrected chi connectivity index (χ1v) is 6.75. The maximum Gasteiger partial charge on any atom is 0.419 e. The second-order valence-electron chi connectivity index (χ2n) is 5.25. The number of oxazole rings is 1. The van der Waals surface area contributed by atoms with Crippen LogP contribution < -0.4 is 5.76 Å². The van der Waals surface area contributed by atoms with Gasteiger partial charge in [-0.1, -0.05) is 13.0 Å². The fraction of sp³-hybridized carbons (Fsp3) is 0.500. The molecule has 1 saturated carbocycles. The lowest BCUT2D eigenvalue weighted by molar-refractivity contribution is 0.490. The molecule has 1 aromatic carbocycles. The fourth-order valence-corrected chi connectivity index (χ4v) is 2.83. The van der Waals surface area contributed by atoms with E-state index in [0.717, 1.165) is 17.0 Å². The van der Waals surface area contributed by atoms with Crippen LogP contribution in [0.2, 0.25) is 0 Å². The lowest BCUT2D eigenvalue weighted by atomic mass is 9.96. The Morgan fingerprint density at radius 1 is 1.44 bits per heavy atom. The van der Waals surface area contributed by atoms with Gasteiger partial charge < -0.3 is 4.42 Å². The number of halogens is 1. The summed E-state index contributed by atoms with van der Waals surface area (Å²) < 4.78 is 6.70. The molecule has 2 atom stereocenters. The van der Waals surface area contributed by atoms with Crippen molar-refractivity contribution >= 4 is 22.7 Å². The van der Waals surface area contributed by atoms with Gasteiger partial charge in [-0.3, -0.25) is 4.57 Å². The monoisotopic (exact) mass is 265 g/mol. The quantitative estimate of drug-likeness (QED) is 0.797. The zero-order chi connectivity index (χ0) is 12.9. The van der Waals surface area contributed by atoms with E-state index < -0.39 is 0 Å². The minimum absolute atomic E-state index is 0.00703. The zero-order valence-electron chi connectivity index (χ0n) is 10.5. The van der Waals surface area contributed by atoms with E-state index in [9.17, 15) is 4.79 Å². The predicted octanol–water partition coefficient (Wildman–Crippen LogP) is 3.46. The molecule has 1 heterocycles. The van der Waals surface area contributed by atoms with Gasteiger partial charge in [-0.15, -0.1) is 11.6 Å². The molecule has 1 aromatic heterocycles. The maximum atomic E-state index is 11.4. The lowest BCUT2D eigenvalue weighted by Crippen LogP contribution is -2.08. The van der Waals surface area contributed by atoms with Gasteiger partial charge in [-0.25, -0.2) is 4.79 Å². The van der Waals surface area contributed by atoms with Crippen LogP contribution in [0.4, 0.5) is 0 Å². The molecule has 3 nitrogen and oxygen atoms in total. The summed E-state index contributed by atoms with van der Waals surface area (Å²) in [7, 11) is 1.71. The first-order chi connectivity index (χ1) is 8.58. The molecule has 96 valence electrons. The molecule has 1 fully saturated rings. The van der Waals surface area contributed by atoms with Crippen molar-refractivity contribution in [2.75, 3.05) is 0 Å². The third kappa shape index (κ3) is 1.87. The molecule has 3 rings (SSSR count). The molecule has 0 aliphatic heterocycles. The van der Waals surface area contributed by atoms with Gasteiger partial charge in [-0.2, -0.15) is 0 Å². The maximum absolute atomic E-state index is 11.4. The molecule has 0 N–H and O–H groups in total. The molecular formula is C14H16ClNO2. The van der Waals surface area contributed by atoms with Gasteiger partial charge in [0.05, 0.1) is 10.9 Å². The summed E-state index contributed by atoms with van der Waals surface area (Å²) >= 11 is 6.51. The Kier molecular flexibility index (Phi) is 2.74. The van der Waals surface area contributed by atoms with Crippen LogP contribution in [-0.4, -0.2) is 4.57 Å². The molecular weight excluding hydrogens is 250 g/mol. The van der Waals surface area contributed by atoms with Crippen LogP contribution in [0.3, 0.4) is 0 Å². The average molecular weight is 266 g/mol. The number of benzene rings is 1. The van der Waals surface area contributed by atoms with E-state index >= 15 is 0 Å². The Hall–Kier alpha value is -1.22. The lowest BCUT2D eigenvalue weighted by Gasteiger charge is -2.17. The summed E-state index contributed by atoms with van der Waals surface area (Å²) in [5.41, 5.74) is 2.47. The molecule has 1 aliphatic carbocycles. The van der Waals surface area contributed by atoms with E-state index in [4.69, 9.17) is 16.0 Å². The van der Waals surface area contributed by atoms with Crippen molar-refractivity contribution in [1.29, 1.82) is 0 Å². The van der Waals surface area contributed by atoms with Crippen molar-refractivity contribution in [3.8, 4) is 0 Å². The van der Waals surface area contributed by atoms with Gasteiger partial charge >= 0.3 is 5.76 Å². The van der Waals surface area contributed by atoms with E-state index in [0.29, 0.717) is 11.5 Å². The van der Waals surface area contributed by atoms with Gasteiger partial charge in [0.2, 0.25) is 0 Å². The Morgan fingerprint density at radius 2 is 2.17 bits per heavy atom. The third-order valence-corrected chi connectivity index (χ3v) is 4.61. The largest absolute Gasteiger partial charge is 0.419 e.